The van der Waals surface area contributed by atoms with Crippen molar-refractivity contribution in [3.05, 3.63) is 39.9 Å². The van der Waals surface area contributed by atoms with Crippen LogP contribution in [0.25, 0.3) is 0 Å². The van der Waals surface area contributed by atoms with Crippen LogP contribution >= 0.6 is 11.5 Å². The minimum absolute atomic E-state index is 0.340. The maximum atomic E-state index is 11.9. The summed E-state index contributed by atoms with van der Waals surface area (Å²) in [6, 6.07) is 5.72. The summed E-state index contributed by atoms with van der Waals surface area (Å²) < 4.78 is 8.72. The third-order valence-corrected chi connectivity index (χ3v) is 3.66. The molecule has 1 aromatic heterocycles. The summed E-state index contributed by atoms with van der Waals surface area (Å²) in [5, 5.41) is 6.55. The minimum atomic E-state index is -0.567. The van der Waals surface area contributed by atoms with Crippen molar-refractivity contribution in [1.29, 1.82) is 0 Å². The summed E-state index contributed by atoms with van der Waals surface area (Å²) in [6.45, 7) is 5.44. The molecule has 2 rings (SSSR count). The number of aryl methyl sites for hydroxylation is 3. The maximum Gasteiger partial charge on any atom is 0.352 e. The van der Waals surface area contributed by atoms with Gasteiger partial charge in [-0.3, -0.25) is 4.79 Å². The van der Waals surface area contributed by atoms with Gasteiger partial charge in [-0.15, -0.1) is 5.10 Å². The molecular formula is C15H17N3O3S. The van der Waals surface area contributed by atoms with Crippen LogP contribution in [0.1, 0.15) is 33.4 Å². The summed E-state index contributed by atoms with van der Waals surface area (Å²) in [6.07, 6.45) is 0.593. The average Bonchev–Trinajstić information content (AvgIpc) is 2.92. The van der Waals surface area contributed by atoms with E-state index in [1.54, 1.807) is 0 Å². The molecule has 6 nitrogen and oxygen atoms in total. The highest BCUT2D eigenvalue weighted by Crippen LogP contribution is 2.14. The second-order valence-electron chi connectivity index (χ2n) is 4.90. The van der Waals surface area contributed by atoms with Gasteiger partial charge in [0.2, 0.25) is 0 Å². The minimum Gasteiger partial charge on any atom is -0.451 e. The summed E-state index contributed by atoms with van der Waals surface area (Å²) in [4.78, 5) is 24.1. The van der Waals surface area contributed by atoms with E-state index in [-0.39, 0.29) is 12.5 Å². The molecule has 1 heterocycles. The third kappa shape index (κ3) is 4.11. The largest absolute Gasteiger partial charge is 0.451 e. The van der Waals surface area contributed by atoms with Gasteiger partial charge in [-0.25, -0.2) is 4.79 Å². The van der Waals surface area contributed by atoms with E-state index in [9.17, 15) is 9.59 Å². The molecule has 2 aromatic rings. The van der Waals surface area contributed by atoms with Crippen molar-refractivity contribution in [2.45, 2.75) is 27.2 Å². The molecule has 0 saturated heterocycles. The number of ether oxygens (including phenoxy) is 1. The summed E-state index contributed by atoms with van der Waals surface area (Å²) >= 11 is 0.974. The topological polar surface area (TPSA) is 81.2 Å². The van der Waals surface area contributed by atoms with Gasteiger partial charge in [0, 0.05) is 5.69 Å². The first-order valence-corrected chi connectivity index (χ1v) is 7.63. The summed E-state index contributed by atoms with van der Waals surface area (Å²) in [5.74, 6) is -0.948. The number of esters is 1. The number of benzene rings is 1. The molecule has 0 unspecified atom stereocenters. The number of amides is 1. The Morgan fingerprint density at radius 2 is 1.91 bits per heavy atom. The first kappa shape index (κ1) is 16.1. The number of aromatic nitrogens is 2. The number of nitrogens with zero attached hydrogens (tertiary/aromatic N) is 2. The Morgan fingerprint density at radius 3 is 2.55 bits per heavy atom. The van der Waals surface area contributed by atoms with Gasteiger partial charge >= 0.3 is 5.97 Å². The Bertz CT molecular complexity index is 677. The Balaban J connectivity index is 1.91. The quantitative estimate of drug-likeness (QED) is 0.856. The van der Waals surface area contributed by atoms with Crippen molar-refractivity contribution >= 4 is 29.1 Å². The fourth-order valence-electron chi connectivity index (χ4n) is 2.04. The van der Waals surface area contributed by atoms with Crippen LogP contribution in [0.5, 0.6) is 0 Å². The molecule has 22 heavy (non-hydrogen) atoms. The number of hydrogen-bond donors (Lipinski definition) is 1. The van der Waals surface area contributed by atoms with E-state index in [4.69, 9.17) is 4.74 Å². The molecule has 1 N–H and O–H groups in total. The lowest BCUT2D eigenvalue weighted by atomic mass is 10.1. The van der Waals surface area contributed by atoms with E-state index < -0.39 is 5.97 Å². The molecule has 0 spiro atoms. The number of carbonyl (C=O) groups excluding carboxylic acids is 2. The van der Waals surface area contributed by atoms with Crippen LogP contribution in [0.3, 0.4) is 0 Å². The van der Waals surface area contributed by atoms with E-state index in [1.807, 2.05) is 39.0 Å². The van der Waals surface area contributed by atoms with Crippen LogP contribution in [0.2, 0.25) is 0 Å². The normalized spacial score (nSPS) is 10.3. The van der Waals surface area contributed by atoms with Gasteiger partial charge in [0.15, 0.2) is 11.5 Å². The lowest BCUT2D eigenvalue weighted by Crippen LogP contribution is -2.21. The van der Waals surface area contributed by atoms with Crippen molar-refractivity contribution in [2.24, 2.45) is 0 Å². The molecule has 0 aliphatic heterocycles. The molecule has 0 aliphatic rings. The molecular weight excluding hydrogens is 302 g/mol. The van der Waals surface area contributed by atoms with Crippen LogP contribution in [0.4, 0.5) is 5.69 Å². The molecule has 7 heteroatoms. The third-order valence-electron chi connectivity index (χ3n) is 2.92. The highest BCUT2D eigenvalue weighted by molar-refractivity contribution is 7.07. The van der Waals surface area contributed by atoms with Crippen molar-refractivity contribution < 1.29 is 14.3 Å². The van der Waals surface area contributed by atoms with E-state index in [1.165, 1.54) is 0 Å². The van der Waals surface area contributed by atoms with Crippen LogP contribution in [0, 0.1) is 13.8 Å². The second-order valence-corrected chi connectivity index (χ2v) is 5.66. The Labute approximate surface area is 132 Å². The lowest BCUT2D eigenvalue weighted by Gasteiger charge is -2.08. The highest BCUT2D eigenvalue weighted by Gasteiger charge is 2.17. The molecule has 0 atom stereocenters. The fraction of sp³-hybridized carbons (Fsp3) is 0.333. The van der Waals surface area contributed by atoms with Crippen molar-refractivity contribution in [3.8, 4) is 0 Å². The van der Waals surface area contributed by atoms with Gasteiger partial charge in [0.05, 0.1) is 5.69 Å². The van der Waals surface area contributed by atoms with E-state index in [2.05, 4.69) is 14.9 Å². The molecule has 0 saturated carbocycles. The van der Waals surface area contributed by atoms with Crippen LogP contribution < -0.4 is 5.32 Å². The van der Waals surface area contributed by atoms with Crippen molar-refractivity contribution in [2.75, 3.05) is 11.9 Å². The van der Waals surface area contributed by atoms with E-state index in [0.717, 1.165) is 22.7 Å². The Hall–Kier alpha value is -2.28. The van der Waals surface area contributed by atoms with Gasteiger partial charge in [0.25, 0.3) is 5.91 Å². The fourth-order valence-corrected chi connectivity index (χ4v) is 2.68. The Morgan fingerprint density at radius 1 is 1.23 bits per heavy atom. The Kier molecular flexibility index (Phi) is 5.21. The van der Waals surface area contributed by atoms with Crippen molar-refractivity contribution in [3.63, 3.8) is 0 Å². The molecule has 0 bridgehead atoms. The SMILES string of the molecule is CCc1nnsc1C(=O)OCC(=O)Nc1cc(C)cc(C)c1. The van der Waals surface area contributed by atoms with Crippen LogP contribution in [-0.2, 0) is 16.0 Å². The van der Waals surface area contributed by atoms with Crippen molar-refractivity contribution in [1.82, 2.24) is 9.59 Å². The van der Waals surface area contributed by atoms with Gasteiger partial charge in [-0.05, 0) is 55.1 Å². The predicted octanol–water partition coefficient (Wildman–Crippen LogP) is 2.51. The van der Waals surface area contributed by atoms with E-state index in [0.29, 0.717) is 22.7 Å². The zero-order chi connectivity index (χ0) is 16.1. The molecule has 1 aromatic carbocycles. The first-order valence-electron chi connectivity index (χ1n) is 6.86. The summed E-state index contributed by atoms with van der Waals surface area (Å²) in [5.41, 5.74) is 3.38. The monoisotopic (exact) mass is 319 g/mol. The second kappa shape index (κ2) is 7.13. The summed E-state index contributed by atoms with van der Waals surface area (Å²) in [7, 11) is 0. The molecule has 0 radical (unpaired) electrons. The van der Waals surface area contributed by atoms with Gasteiger partial charge in [-0.2, -0.15) is 0 Å². The lowest BCUT2D eigenvalue weighted by molar-refractivity contribution is -0.119. The number of nitrogens with one attached hydrogen (secondary N) is 1. The van der Waals surface area contributed by atoms with Crippen LogP contribution in [-0.4, -0.2) is 28.1 Å². The molecule has 0 aliphatic carbocycles. The zero-order valence-electron chi connectivity index (χ0n) is 12.7. The molecule has 116 valence electrons. The van der Waals surface area contributed by atoms with Crippen LogP contribution in [0.15, 0.2) is 18.2 Å². The molecule has 1 amide bonds. The zero-order valence-corrected chi connectivity index (χ0v) is 13.5. The predicted molar refractivity (Wildman–Crippen MR) is 84.1 cm³/mol. The van der Waals surface area contributed by atoms with Gasteiger partial charge < -0.3 is 10.1 Å². The first-order chi connectivity index (χ1) is 10.5. The van der Waals surface area contributed by atoms with Gasteiger partial charge in [-0.1, -0.05) is 17.5 Å². The highest BCUT2D eigenvalue weighted by atomic mass is 32.1. The maximum absolute atomic E-state index is 11.9. The number of rotatable bonds is 5. The van der Waals surface area contributed by atoms with Gasteiger partial charge in [0.1, 0.15) is 0 Å². The molecule has 0 fully saturated rings. The number of hydrogen-bond acceptors (Lipinski definition) is 6. The smallest absolute Gasteiger partial charge is 0.352 e. The standard InChI is InChI=1S/C15H17N3O3S/c1-4-12-14(22-18-17-12)15(20)21-8-13(19)16-11-6-9(2)5-10(3)7-11/h5-7H,4,8H2,1-3H3,(H,16,19). The number of anilines is 1. The van der Waals surface area contributed by atoms with E-state index >= 15 is 0 Å². The number of carbonyl (C=O) groups is 2. The average molecular weight is 319 g/mol.